The molecule has 0 aromatic carbocycles. The normalized spacial score (nSPS) is 21.4. The van der Waals surface area contributed by atoms with Crippen LogP contribution in [0.2, 0.25) is 0 Å². The SMILES string of the molecule is NCC1(CNS(=O)(=O)C(F)(F)F)CCOCC1. The number of rotatable bonds is 4. The largest absolute Gasteiger partial charge is 0.511 e. The molecule has 0 atom stereocenters. The zero-order chi connectivity index (χ0) is 13.2. The second-order valence-electron chi connectivity index (χ2n) is 4.09. The molecule has 1 fully saturated rings. The van der Waals surface area contributed by atoms with Crippen LogP contribution in [0.3, 0.4) is 0 Å². The van der Waals surface area contributed by atoms with Gasteiger partial charge < -0.3 is 10.5 Å². The van der Waals surface area contributed by atoms with Crippen LogP contribution in [0.1, 0.15) is 12.8 Å². The summed E-state index contributed by atoms with van der Waals surface area (Å²) in [5.41, 5.74) is -0.421. The molecule has 1 rings (SSSR count). The molecule has 9 heteroatoms. The van der Waals surface area contributed by atoms with Crippen molar-refractivity contribution in [3.8, 4) is 0 Å². The van der Waals surface area contributed by atoms with Crippen molar-refractivity contribution in [2.75, 3.05) is 26.3 Å². The highest BCUT2D eigenvalue weighted by molar-refractivity contribution is 7.90. The summed E-state index contributed by atoms with van der Waals surface area (Å²) in [6.45, 7) is 0.571. The van der Waals surface area contributed by atoms with Gasteiger partial charge in [-0.3, -0.25) is 0 Å². The van der Waals surface area contributed by atoms with Crippen LogP contribution in [0.5, 0.6) is 0 Å². The van der Waals surface area contributed by atoms with Crippen molar-refractivity contribution in [3.05, 3.63) is 0 Å². The second kappa shape index (κ2) is 5.09. The number of alkyl halides is 3. The molecule has 1 aliphatic rings. The van der Waals surface area contributed by atoms with Gasteiger partial charge >= 0.3 is 15.5 Å². The molecule has 3 N–H and O–H groups in total. The van der Waals surface area contributed by atoms with Gasteiger partial charge in [-0.15, -0.1) is 0 Å². The Morgan fingerprint density at radius 3 is 2.24 bits per heavy atom. The Hall–Kier alpha value is -0.380. The molecule has 1 heterocycles. The fourth-order valence-corrected chi connectivity index (χ4v) is 2.25. The van der Waals surface area contributed by atoms with Crippen LogP contribution in [0.25, 0.3) is 0 Å². The van der Waals surface area contributed by atoms with E-state index in [0.717, 1.165) is 0 Å². The van der Waals surface area contributed by atoms with Crippen molar-refractivity contribution < 1.29 is 26.3 Å². The molecule has 0 aromatic rings. The molecule has 102 valence electrons. The molecular weight excluding hydrogens is 261 g/mol. The van der Waals surface area contributed by atoms with Crippen molar-refractivity contribution in [1.29, 1.82) is 0 Å². The Bertz CT molecular complexity index is 350. The van der Waals surface area contributed by atoms with Gasteiger partial charge in [0.2, 0.25) is 0 Å². The molecule has 1 aliphatic heterocycles. The van der Waals surface area contributed by atoms with Crippen LogP contribution in [0.15, 0.2) is 0 Å². The summed E-state index contributed by atoms with van der Waals surface area (Å²) < 4.78 is 64.7. The summed E-state index contributed by atoms with van der Waals surface area (Å²) in [6.07, 6.45) is 0.897. The van der Waals surface area contributed by atoms with E-state index in [0.29, 0.717) is 26.1 Å². The van der Waals surface area contributed by atoms with Crippen LogP contribution in [-0.2, 0) is 14.8 Å². The van der Waals surface area contributed by atoms with E-state index >= 15 is 0 Å². The Labute approximate surface area is 97.5 Å². The molecule has 17 heavy (non-hydrogen) atoms. The zero-order valence-corrected chi connectivity index (χ0v) is 9.90. The zero-order valence-electron chi connectivity index (χ0n) is 9.09. The highest BCUT2D eigenvalue weighted by atomic mass is 32.2. The molecule has 5 nitrogen and oxygen atoms in total. The maximum absolute atomic E-state index is 12.1. The molecular formula is C8H15F3N2O3S. The number of hydrogen-bond acceptors (Lipinski definition) is 4. The quantitative estimate of drug-likeness (QED) is 0.767. The molecule has 0 spiro atoms. The van der Waals surface area contributed by atoms with Crippen LogP contribution in [0, 0.1) is 5.41 Å². The van der Waals surface area contributed by atoms with Crippen LogP contribution in [0.4, 0.5) is 13.2 Å². The van der Waals surface area contributed by atoms with Crippen molar-refractivity contribution in [2.45, 2.75) is 18.3 Å². The van der Waals surface area contributed by atoms with Crippen molar-refractivity contribution in [2.24, 2.45) is 11.1 Å². The van der Waals surface area contributed by atoms with Crippen molar-refractivity contribution >= 4 is 10.0 Å². The summed E-state index contributed by atoms with van der Waals surface area (Å²) in [4.78, 5) is 0. The van der Waals surface area contributed by atoms with Gasteiger partial charge in [-0.25, -0.2) is 13.1 Å². The Morgan fingerprint density at radius 2 is 1.82 bits per heavy atom. The minimum Gasteiger partial charge on any atom is -0.381 e. The van der Waals surface area contributed by atoms with E-state index in [1.54, 1.807) is 4.72 Å². The molecule has 0 aliphatic carbocycles. The predicted octanol–water partition coefficient (Wildman–Crippen LogP) is 0.181. The molecule has 0 bridgehead atoms. The number of hydrogen-bond donors (Lipinski definition) is 2. The van der Waals surface area contributed by atoms with Crippen LogP contribution < -0.4 is 10.5 Å². The molecule has 0 radical (unpaired) electrons. The van der Waals surface area contributed by atoms with E-state index < -0.39 is 20.9 Å². The Balaban J connectivity index is 2.65. The van der Waals surface area contributed by atoms with Crippen molar-refractivity contribution in [3.63, 3.8) is 0 Å². The Morgan fingerprint density at radius 1 is 1.29 bits per heavy atom. The number of sulfonamides is 1. The first kappa shape index (κ1) is 14.7. The lowest BCUT2D eigenvalue weighted by Gasteiger charge is -2.36. The second-order valence-corrected chi connectivity index (χ2v) is 5.85. The predicted molar refractivity (Wildman–Crippen MR) is 54.5 cm³/mol. The lowest BCUT2D eigenvalue weighted by atomic mass is 9.80. The number of nitrogens with one attached hydrogen (secondary N) is 1. The number of nitrogens with two attached hydrogens (primary N) is 1. The van der Waals surface area contributed by atoms with Crippen LogP contribution >= 0.6 is 0 Å². The van der Waals surface area contributed by atoms with Gasteiger partial charge in [-0.1, -0.05) is 0 Å². The third-order valence-corrected chi connectivity index (χ3v) is 4.06. The van der Waals surface area contributed by atoms with E-state index in [1.807, 2.05) is 0 Å². The summed E-state index contributed by atoms with van der Waals surface area (Å²) in [7, 11) is -5.29. The first-order valence-corrected chi connectivity index (χ1v) is 6.55. The maximum atomic E-state index is 12.1. The summed E-state index contributed by atoms with van der Waals surface area (Å²) >= 11 is 0. The minimum absolute atomic E-state index is 0.122. The molecule has 0 saturated carbocycles. The standard InChI is InChI=1S/C8H15F3N2O3S/c9-8(10,11)17(14,15)13-6-7(5-12)1-3-16-4-2-7/h13H,1-6,12H2. The summed E-state index contributed by atoms with van der Waals surface area (Å²) in [5.74, 6) is 0. The average Bonchev–Trinajstić information content (AvgIpc) is 2.26. The number of halogens is 3. The van der Waals surface area contributed by atoms with E-state index in [2.05, 4.69) is 0 Å². The lowest BCUT2D eigenvalue weighted by Crippen LogP contribution is -2.48. The topological polar surface area (TPSA) is 81.4 Å². The van der Waals surface area contributed by atoms with Crippen LogP contribution in [-0.4, -0.2) is 40.2 Å². The van der Waals surface area contributed by atoms with Gasteiger partial charge in [-0.05, 0) is 19.4 Å². The molecule has 0 unspecified atom stereocenters. The monoisotopic (exact) mass is 276 g/mol. The van der Waals surface area contributed by atoms with E-state index in [9.17, 15) is 21.6 Å². The third-order valence-electron chi connectivity index (χ3n) is 2.93. The maximum Gasteiger partial charge on any atom is 0.511 e. The minimum atomic E-state index is -5.29. The summed E-state index contributed by atoms with van der Waals surface area (Å²) in [6, 6.07) is 0. The van der Waals surface area contributed by atoms with Gasteiger partial charge in [0.05, 0.1) is 0 Å². The first-order chi connectivity index (χ1) is 7.72. The third kappa shape index (κ3) is 3.54. The van der Waals surface area contributed by atoms with E-state index in [-0.39, 0.29) is 13.1 Å². The van der Waals surface area contributed by atoms with Gasteiger partial charge in [0.25, 0.3) is 0 Å². The van der Waals surface area contributed by atoms with Crippen molar-refractivity contribution in [1.82, 2.24) is 4.72 Å². The molecule has 0 aromatic heterocycles. The van der Waals surface area contributed by atoms with E-state index in [4.69, 9.17) is 10.5 Å². The smallest absolute Gasteiger partial charge is 0.381 e. The van der Waals surface area contributed by atoms with Gasteiger partial charge in [0.15, 0.2) is 0 Å². The fourth-order valence-electron chi connectivity index (χ4n) is 1.59. The highest BCUT2D eigenvalue weighted by Gasteiger charge is 2.46. The van der Waals surface area contributed by atoms with Gasteiger partial charge in [0.1, 0.15) is 0 Å². The molecule has 1 saturated heterocycles. The fraction of sp³-hybridized carbons (Fsp3) is 1.00. The Kier molecular flexibility index (Phi) is 4.39. The average molecular weight is 276 g/mol. The van der Waals surface area contributed by atoms with E-state index in [1.165, 1.54) is 0 Å². The van der Waals surface area contributed by atoms with Gasteiger partial charge in [0, 0.05) is 25.2 Å². The number of ether oxygens (including phenoxy) is 1. The molecule has 0 amide bonds. The van der Waals surface area contributed by atoms with Gasteiger partial charge in [-0.2, -0.15) is 13.2 Å². The lowest BCUT2D eigenvalue weighted by molar-refractivity contribution is -0.0454. The summed E-state index contributed by atoms with van der Waals surface area (Å²) in [5, 5.41) is 0. The first-order valence-electron chi connectivity index (χ1n) is 5.06. The highest BCUT2D eigenvalue weighted by Crippen LogP contribution is 2.30.